The summed E-state index contributed by atoms with van der Waals surface area (Å²) in [6.07, 6.45) is 2.99. The van der Waals surface area contributed by atoms with Crippen LogP contribution in [0.2, 0.25) is 0 Å². The summed E-state index contributed by atoms with van der Waals surface area (Å²) in [6.45, 7) is 10.5. The zero-order valence-electron chi connectivity index (χ0n) is 9.62. The first-order valence-corrected chi connectivity index (χ1v) is 6.55. The molecule has 0 unspecified atom stereocenters. The van der Waals surface area contributed by atoms with Gasteiger partial charge in [0.05, 0.1) is 0 Å². The molecule has 0 aromatic rings. The molecule has 2 heterocycles. The summed E-state index contributed by atoms with van der Waals surface area (Å²) in [7, 11) is 0. The van der Waals surface area contributed by atoms with Crippen molar-refractivity contribution in [2.24, 2.45) is 11.8 Å². The van der Waals surface area contributed by atoms with Crippen molar-refractivity contribution in [3.05, 3.63) is 0 Å². The zero-order valence-corrected chi connectivity index (χ0v) is 9.62. The van der Waals surface area contributed by atoms with Gasteiger partial charge in [0.25, 0.3) is 0 Å². The fraction of sp³-hybridized carbons (Fsp3) is 1.00. The van der Waals surface area contributed by atoms with Crippen molar-refractivity contribution in [3.8, 4) is 0 Å². The quantitative estimate of drug-likeness (QED) is 0.715. The minimum atomic E-state index is 0.944. The monoisotopic (exact) mass is 209 g/mol. The molecule has 1 aliphatic carbocycles. The second-order valence-corrected chi connectivity index (χ2v) is 5.57. The Balaban J connectivity index is 1.35. The van der Waals surface area contributed by atoms with Crippen LogP contribution in [0.3, 0.4) is 0 Å². The second-order valence-electron chi connectivity index (χ2n) is 5.57. The van der Waals surface area contributed by atoms with E-state index in [1.165, 1.54) is 65.2 Å². The summed E-state index contributed by atoms with van der Waals surface area (Å²) in [5.41, 5.74) is 0. The molecular weight excluding hydrogens is 186 g/mol. The zero-order chi connectivity index (χ0) is 10.1. The third kappa shape index (κ3) is 2.71. The molecule has 0 atom stereocenters. The van der Waals surface area contributed by atoms with E-state index in [1.54, 1.807) is 0 Å². The van der Waals surface area contributed by atoms with Crippen LogP contribution in [-0.2, 0) is 0 Å². The molecule has 3 heteroatoms. The van der Waals surface area contributed by atoms with E-state index in [9.17, 15) is 0 Å². The number of nitrogens with zero attached hydrogens (tertiary/aromatic N) is 2. The number of hydrogen-bond donors (Lipinski definition) is 1. The highest BCUT2D eigenvalue weighted by Crippen LogP contribution is 2.29. The van der Waals surface area contributed by atoms with Crippen molar-refractivity contribution in [2.75, 3.05) is 52.4 Å². The molecule has 2 saturated heterocycles. The summed E-state index contributed by atoms with van der Waals surface area (Å²) in [6, 6.07) is 0. The molecule has 3 nitrogen and oxygen atoms in total. The average molecular weight is 209 g/mol. The molecule has 3 fully saturated rings. The number of hydrogen-bond acceptors (Lipinski definition) is 3. The van der Waals surface area contributed by atoms with Crippen molar-refractivity contribution in [3.63, 3.8) is 0 Å². The Labute approximate surface area is 92.8 Å². The van der Waals surface area contributed by atoms with E-state index in [4.69, 9.17) is 0 Å². The Morgan fingerprint density at radius 1 is 0.800 bits per heavy atom. The van der Waals surface area contributed by atoms with Gasteiger partial charge in [0.2, 0.25) is 0 Å². The van der Waals surface area contributed by atoms with Crippen LogP contribution in [0.1, 0.15) is 12.8 Å². The highest BCUT2D eigenvalue weighted by Gasteiger charge is 2.27. The van der Waals surface area contributed by atoms with Gasteiger partial charge in [0.1, 0.15) is 0 Å². The predicted molar refractivity (Wildman–Crippen MR) is 62.0 cm³/mol. The summed E-state index contributed by atoms with van der Waals surface area (Å²) < 4.78 is 0. The summed E-state index contributed by atoms with van der Waals surface area (Å²) in [5, 5.41) is 3.36. The van der Waals surface area contributed by atoms with Gasteiger partial charge < -0.3 is 15.1 Å². The van der Waals surface area contributed by atoms with Gasteiger partial charge >= 0.3 is 0 Å². The lowest BCUT2D eigenvalue weighted by molar-refractivity contribution is 0.104. The molecule has 3 aliphatic rings. The number of rotatable bonds is 4. The van der Waals surface area contributed by atoms with Crippen LogP contribution in [-0.4, -0.2) is 62.2 Å². The Morgan fingerprint density at radius 2 is 1.33 bits per heavy atom. The summed E-state index contributed by atoms with van der Waals surface area (Å²) >= 11 is 0. The second kappa shape index (κ2) is 4.40. The maximum Gasteiger partial charge on any atom is 0.0110 e. The molecular formula is C12H23N3. The van der Waals surface area contributed by atoms with Gasteiger partial charge in [0.15, 0.2) is 0 Å². The van der Waals surface area contributed by atoms with Crippen LogP contribution in [0.5, 0.6) is 0 Å². The van der Waals surface area contributed by atoms with Crippen molar-refractivity contribution in [1.29, 1.82) is 0 Å². The minimum Gasteiger partial charge on any atom is -0.316 e. The van der Waals surface area contributed by atoms with Crippen molar-refractivity contribution in [1.82, 2.24) is 15.1 Å². The molecule has 0 radical (unpaired) electrons. The summed E-state index contributed by atoms with van der Waals surface area (Å²) in [4.78, 5) is 5.34. The van der Waals surface area contributed by atoms with E-state index in [0.29, 0.717) is 0 Å². The fourth-order valence-electron chi connectivity index (χ4n) is 2.66. The van der Waals surface area contributed by atoms with Gasteiger partial charge in [-0.1, -0.05) is 0 Å². The van der Waals surface area contributed by atoms with E-state index in [0.717, 1.165) is 11.8 Å². The van der Waals surface area contributed by atoms with Gasteiger partial charge in [-0.3, -0.25) is 0 Å². The van der Waals surface area contributed by atoms with E-state index in [-0.39, 0.29) is 0 Å². The molecule has 0 amide bonds. The van der Waals surface area contributed by atoms with Crippen LogP contribution in [0.4, 0.5) is 0 Å². The fourth-order valence-corrected chi connectivity index (χ4v) is 2.66. The Kier molecular flexibility index (Phi) is 2.95. The van der Waals surface area contributed by atoms with E-state index in [1.807, 2.05) is 0 Å². The number of piperazine rings is 1. The molecule has 0 spiro atoms. The smallest absolute Gasteiger partial charge is 0.0110 e. The first-order valence-electron chi connectivity index (χ1n) is 6.55. The van der Waals surface area contributed by atoms with Gasteiger partial charge in [0, 0.05) is 52.4 Å². The maximum absolute atomic E-state index is 3.36. The molecule has 0 bridgehead atoms. The predicted octanol–water partition coefficient (Wildman–Crippen LogP) is 0.233. The highest BCUT2D eigenvalue weighted by molar-refractivity contribution is 4.83. The highest BCUT2D eigenvalue weighted by atomic mass is 15.3. The third-order valence-corrected chi connectivity index (χ3v) is 4.06. The van der Waals surface area contributed by atoms with E-state index in [2.05, 4.69) is 15.1 Å². The first kappa shape index (κ1) is 10.1. The Hall–Kier alpha value is -0.120. The largest absolute Gasteiger partial charge is 0.316 e. The van der Waals surface area contributed by atoms with Gasteiger partial charge in [-0.25, -0.2) is 0 Å². The van der Waals surface area contributed by atoms with Crippen molar-refractivity contribution < 1.29 is 0 Å². The topological polar surface area (TPSA) is 18.5 Å². The molecule has 0 aromatic heterocycles. The van der Waals surface area contributed by atoms with Crippen LogP contribution in [0.25, 0.3) is 0 Å². The maximum atomic E-state index is 3.36. The van der Waals surface area contributed by atoms with Crippen LogP contribution < -0.4 is 5.32 Å². The number of nitrogens with one attached hydrogen (secondary N) is 1. The van der Waals surface area contributed by atoms with E-state index >= 15 is 0 Å². The molecule has 1 N–H and O–H groups in total. The molecule has 3 rings (SSSR count). The van der Waals surface area contributed by atoms with Crippen LogP contribution in [0, 0.1) is 11.8 Å². The lowest BCUT2D eigenvalue weighted by atomic mass is 10.0. The SMILES string of the molecule is C1CC1CN1CCN(CC2CNC2)CC1. The van der Waals surface area contributed by atoms with Gasteiger partial charge in [-0.2, -0.15) is 0 Å². The Bertz CT molecular complexity index is 203. The van der Waals surface area contributed by atoms with Gasteiger partial charge in [-0.15, -0.1) is 0 Å². The standard InChI is InChI=1S/C12H23N3/c1-2-11(1)9-14-3-5-15(6-4-14)10-12-7-13-8-12/h11-13H,1-10H2. The normalized spacial score (nSPS) is 30.4. The minimum absolute atomic E-state index is 0.944. The third-order valence-electron chi connectivity index (χ3n) is 4.06. The van der Waals surface area contributed by atoms with Crippen molar-refractivity contribution >= 4 is 0 Å². The first-order chi connectivity index (χ1) is 7.40. The van der Waals surface area contributed by atoms with Crippen LogP contribution >= 0.6 is 0 Å². The summed E-state index contributed by atoms with van der Waals surface area (Å²) in [5.74, 6) is 2.01. The van der Waals surface area contributed by atoms with Gasteiger partial charge in [-0.05, 0) is 24.7 Å². The Morgan fingerprint density at radius 3 is 1.73 bits per heavy atom. The lowest BCUT2D eigenvalue weighted by Gasteiger charge is -2.38. The molecule has 15 heavy (non-hydrogen) atoms. The average Bonchev–Trinajstić information content (AvgIpc) is 2.98. The van der Waals surface area contributed by atoms with E-state index < -0.39 is 0 Å². The molecule has 1 saturated carbocycles. The molecule has 2 aliphatic heterocycles. The lowest BCUT2D eigenvalue weighted by Crippen LogP contribution is -2.53. The van der Waals surface area contributed by atoms with Crippen LogP contribution in [0.15, 0.2) is 0 Å². The van der Waals surface area contributed by atoms with Crippen molar-refractivity contribution in [2.45, 2.75) is 12.8 Å². The molecule has 86 valence electrons. The molecule has 0 aromatic carbocycles.